The predicted octanol–water partition coefficient (Wildman–Crippen LogP) is 3.83. The summed E-state index contributed by atoms with van der Waals surface area (Å²) >= 11 is 5.96. The van der Waals surface area contributed by atoms with Crippen molar-refractivity contribution >= 4 is 29.0 Å². The van der Waals surface area contributed by atoms with Gasteiger partial charge in [0.2, 0.25) is 0 Å². The van der Waals surface area contributed by atoms with E-state index < -0.39 is 0 Å². The number of rotatable bonds is 4. The second kappa shape index (κ2) is 9.45. The molecule has 2 aliphatic heterocycles. The molecule has 1 aromatic carbocycles. The summed E-state index contributed by atoms with van der Waals surface area (Å²) < 4.78 is 0. The van der Waals surface area contributed by atoms with Gasteiger partial charge in [-0.05, 0) is 62.1 Å². The molecule has 2 aromatic rings. The highest BCUT2D eigenvalue weighted by Crippen LogP contribution is 2.28. The molecule has 0 saturated carbocycles. The molecule has 2 N–H and O–H groups in total. The van der Waals surface area contributed by atoms with E-state index >= 15 is 0 Å². The Morgan fingerprint density at radius 1 is 1.16 bits per heavy atom. The van der Waals surface area contributed by atoms with Crippen molar-refractivity contribution in [3.63, 3.8) is 0 Å². The lowest BCUT2D eigenvalue weighted by Crippen LogP contribution is -2.58. The number of amides is 1. The molecule has 31 heavy (non-hydrogen) atoms. The monoisotopic (exact) mass is 441 g/mol. The van der Waals surface area contributed by atoms with Crippen LogP contribution in [0.5, 0.6) is 0 Å². The normalized spacial score (nSPS) is 20.8. The average Bonchev–Trinajstić information content (AvgIpc) is 2.79. The maximum Gasteiger partial charge on any atom is 0.253 e. The van der Waals surface area contributed by atoms with Crippen LogP contribution in [0.2, 0.25) is 5.02 Å². The zero-order chi connectivity index (χ0) is 22.0. The number of anilines is 2. The molecule has 7 heteroatoms. The highest BCUT2D eigenvalue weighted by Gasteiger charge is 2.34. The number of piperidine rings is 1. The van der Waals surface area contributed by atoms with E-state index in [0.29, 0.717) is 22.9 Å². The number of nitrogens with zero attached hydrogens (tertiary/aromatic N) is 4. The maximum atomic E-state index is 12.8. The molecule has 0 unspecified atom stereocenters. The summed E-state index contributed by atoms with van der Waals surface area (Å²) in [5.41, 5.74) is 8.93. The van der Waals surface area contributed by atoms with Crippen molar-refractivity contribution in [3.05, 3.63) is 52.7 Å². The molecular formula is C24H32ClN5O. The largest absolute Gasteiger partial charge is 0.384 e. The van der Waals surface area contributed by atoms with Gasteiger partial charge in [0, 0.05) is 55.4 Å². The fraction of sp³-hybridized carbons (Fsp3) is 0.500. The van der Waals surface area contributed by atoms with Crippen LogP contribution < -0.4 is 10.6 Å². The number of hydrogen-bond donors (Lipinski definition) is 1. The number of likely N-dealkylation sites (tertiary alicyclic amines) is 1. The summed E-state index contributed by atoms with van der Waals surface area (Å²) in [6, 6.07) is 10.2. The molecule has 2 saturated heterocycles. The molecule has 1 amide bonds. The minimum Gasteiger partial charge on any atom is -0.384 e. The summed E-state index contributed by atoms with van der Waals surface area (Å²) in [6.45, 7) is 9.04. The summed E-state index contributed by atoms with van der Waals surface area (Å²) in [5.74, 6) is 0.685. The Balaban J connectivity index is 1.36. The minimum atomic E-state index is 0.110. The second-order valence-corrected chi connectivity index (χ2v) is 9.11. The number of nitrogens with two attached hydrogens (primary N) is 1. The van der Waals surface area contributed by atoms with Gasteiger partial charge in [-0.1, -0.05) is 18.5 Å². The number of carbonyl (C=O) groups is 1. The Bertz CT molecular complexity index is 911. The summed E-state index contributed by atoms with van der Waals surface area (Å²) in [7, 11) is 0. The van der Waals surface area contributed by atoms with Gasteiger partial charge < -0.3 is 15.5 Å². The molecule has 3 heterocycles. The summed E-state index contributed by atoms with van der Waals surface area (Å²) in [4.78, 5) is 24.2. The van der Waals surface area contributed by atoms with Crippen LogP contribution in [0.15, 0.2) is 36.5 Å². The van der Waals surface area contributed by atoms with E-state index in [-0.39, 0.29) is 5.91 Å². The molecule has 2 aliphatic rings. The van der Waals surface area contributed by atoms with Crippen molar-refractivity contribution < 1.29 is 4.79 Å². The number of benzene rings is 1. The van der Waals surface area contributed by atoms with E-state index in [1.807, 2.05) is 29.3 Å². The zero-order valence-electron chi connectivity index (χ0n) is 18.4. The first-order chi connectivity index (χ1) is 15.0. The van der Waals surface area contributed by atoms with E-state index in [4.69, 9.17) is 17.3 Å². The number of piperazine rings is 1. The second-order valence-electron chi connectivity index (χ2n) is 8.67. The maximum absolute atomic E-state index is 12.8. The molecule has 0 radical (unpaired) electrons. The van der Waals surface area contributed by atoms with Crippen LogP contribution in [0.1, 0.15) is 42.1 Å². The SMILES string of the molecule is CC[C@H]1CN(c2cnc(N)cc2C)CCN1C1CCN(C(=O)c2ccc(Cl)cc2)CC1. The molecule has 1 aromatic heterocycles. The average molecular weight is 442 g/mol. The number of aromatic nitrogens is 1. The van der Waals surface area contributed by atoms with Crippen LogP contribution >= 0.6 is 11.6 Å². The lowest BCUT2D eigenvalue weighted by molar-refractivity contribution is 0.0491. The molecule has 0 aliphatic carbocycles. The van der Waals surface area contributed by atoms with Crippen molar-refractivity contribution in [3.8, 4) is 0 Å². The third-order valence-electron chi connectivity index (χ3n) is 6.76. The van der Waals surface area contributed by atoms with Crippen LogP contribution in [0.3, 0.4) is 0 Å². The molecule has 2 fully saturated rings. The zero-order valence-corrected chi connectivity index (χ0v) is 19.2. The van der Waals surface area contributed by atoms with Gasteiger partial charge in [0.25, 0.3) is 5.91 Å². The molecule has 0 spiro atoms. The van der Waals surface area contributed by atoms with Crippen molar-refractivity contribution in [2.45, 2.75) is 45.2 Å². The van der Waals surface area contributed by atoms with Gasteiger partial charge in [0.1, 0.15) is 5.82 Å². The summed E-state index contributed by atoms with van der Waals surface area (Å²) in [5, 5.41) is 0.657. The van der Waals surface area contributed by atoms with Gasteiger partial charge in [0.15, 0.2) is 0 Å². The highest BCUT2D eigenvalue weighted by atomic mass is 35.5. The van der Waals surface area contributed by atoms with Crippen LogP contribution in [0, 0.1) is 6.92 Å². The summed E-state index contributed by atoms with van der Waals surface area (Å²) in [6.07, 6.45) is 5.08. The molecular weight excluding hydrogens is 410 g/mol. The fourth-order valence-electron chi connectivity index (χ4n) is 5.01. The highest BCUT2D eigenvalue weighted by molar-refractivity contribution is 6.30. The Labute approximate surface area is 190 Å². The fourth-order valence-corrected chi connectivity index (χ4v) is 5.14. The van der Waals surface area contributed by atoms with Gasteiger partial charge in [-0.25, -0.2) is 4.98 Å². The van der Waals surface area contributed by atoms with E-state index in [2.05, 4.69) is 28.6 Å². The number of nitrogen functional groups attached to an aromatic ring is 1. The molecule has 6 nitrogen and oxygen atoms in total. The Morgan fingerprint density at radius 2 is 1.87 bits per heavy atom. The van der Waals surface area contributed by atoms with Crippen molar-refractivity contribution in [2.24, 2.45) is 0 Å². The number of pyridine rings is 1. The molecule has 1 atom stereocenters. The third kappa shape index (κ3) is 4.80. The quantitative estimate of drug-likeness (QED) is 0.781. The predicted molar refractivity (Wildman–Crippen MR) is 127 cm³/mol. The standard InChI is InChI=1S/C24H32ClN5O/c1-3-20-16-29(22-15-27-23(26)14-17(22)2)12-13-30(20)21-8-10-28(11-9-21)24(31)18-4-6-19(25)7-5-18/h4-7,14-15,20-21H,3,8-13,16H2,1-2H3,(H2,26,27)/t20-/m0/s1. The van der Waals surface area contributed by atoms with Crippen molar-refractivity contribution in [1.82, 2.24) is 14.8 Å². The topological polar surface area (TPSA) is 65.7 Å². The Kier molecular flexibility index (Phi) is 6.68. The van der Waals surface area contributed by atoms with Crippen molar-refractivity contribution in [2.75, 3.05) is 43.4 Å². The van der Waals surface area contributed by atoms with Gasteiger partial charge in [-0.3, -0.25) is 9.69 Å². The third-order valence-corrected chi connectivity index (χ3v) is 7.01. The van der Waals surface area contributed by atoms with E-state index in [9.17, 15) is 4.79 Å². The van der Waals surface area contributed by atoms with Crippen LogP contribution in [0.25, 0.3) is 0 Å². The minimum absolute atomic E-state index is 0.110. The first-order valence-electron chi connectivity index (χ1n) is 11.2. The first-order valence-corrected chi connectivity index (χ1v) is 11.6. The van der Waals surface area contributed by atoms with E-state index in [1.54, 1.807) is 12.1 Å². The van der Waals surface area contributed by atoms with Gasteiger partial charge in [-0.2, -0.15) is 0 Å². The number of carbonyl (C=O) groups excluding carboxylic acids is 1. The van der Waals surface area contributed by atoms with Gasteiger partial charge >= 0.3 is 0 Å². The van der Waals surface area contributed by atoms with Crippen LogP contribution in [0.4, 0.5) is 11.5 Å². The van der Waals surface area contributed by atoms with Gasteiger partial charge in [0.05, 0.1) is 11.9 Å². The Hall–Kier alpha value is -2.31. The van der Waals surface area contributed by atoms with Crippen LogP contribution in [-0.2, 0) is 0 Å². The molecule has 4 rings (SSSR count). The van der Waals surface area contributed by atoms with Crippen LogP contribution in [-0.4, -0.2) is 65.5 Å². The Morgan fingerprint density at radius 3 is 2.52 bits per heavy atom. The van der Waals surface area contributed by atoms with E-state index in [0.717, 1.165) is 57.5 Å². The van der Waals surface area contributed by atoms with Crippen molar-refractivity contribution in [1.29, 1.82) is 0 Å². The number of halogens is 1. The molecule has 0 bridgehead atoms. The van der Waals surface area contributed by atoms with E-state index in [1.165, 1.54) is 11.3 Å². The number of hydrogen-bond acceptors (Lipinski definition) is 5. The number of aryl methyl sites for hydroxylation is 1. The first kappa shape index (κ1) is 21.9. The lowest BCUT2D eigenvalue weighted by Gasteiger charge is -2.48. The smallest absolute Gasteiger partial charge is 0.253 e. The lowest BCUT2D eigenvalue weighted by atomic mass is 9.97. The molecule has 166 valence electrons. The van der Waals surface area contributed by atoms with Gasteiger partial charge in [-0.15, -0.1) is 0 Å².